The molecule has 2 aromatic rings. The number of hydrogen-bond acceptors (Lipinski definition) is 3. The Morgan fingerprint density at radius 2 is 1.95 bits per heavy atom. The summed E-state index contributed by atoms with van der Waals surface area (Å²) in [5, 5.41) is 4.76. The van der Waals surface area contributed by atoms with Crippen molar-refractivity contribution in [1.29, 1.82) is 0 Å². The van der Waals surface area contributed by atoms with Gasteiger partial charge in [0.15, 0.2) is 0 Å². The Labute approximate surface area is 121 Å². The predicted molar refractivity (Wildman–Crippen MR) is 80.8 cm³/mol. The van der Waals surface area contributed by atoms with E-state index in [-0.39, 0.29) is 5.91 Å². The molecular formula is C15H16N2O2S. The van der Waals surface area contributed by atoms with Crippen LogP contribution < -0.4 is 11.1 Å². The number of carbonyl (C=O) groups excluding carboxylic acids is 2. The van der Waals surface area contributed by atoms with Crippen molar-refractivity contribution < 1.29 is 9.59 Å². The molecule has 3 N–H and O–H groups in total. The largest absolute Gasteiger partial charge is 0.366 e. The van der Waals surface area contributed by atoms with Crippen molar-refractivity contribution >= 4 is 28.8 Å². The second kappa shape index (κ2) is 6.86. The fourth-order valence-corrected chi connectivity index (χ4v) is 2.65. The highest BCUT2D eigenvalue weighted by molar-refractivity contribution is 7.09. The summed E-state index contributed by atoms with van der Waals surface area (Å²) < 4.78 is 0. The van der Waals surface area contributed by atoms with Crippen molar-refractivity contribution in [3.8, 4) is 0 Å². The summed E-state index contributed by atoms with van der Waals surface area (Å²) in [6.07, 6.45) is 2.10. The van der Waals surface area contributed by atoms with Crippen molar-refractivity contribution in [2.75, 3.05) is 5.32 Å². The molecule has 0 spiro atoms. The van der Waals surface area contributed by atoms with Gasteiger partial charge in [0, 0.05) is 11.3 Å². The van der Waals surface area contributed by atoms with Gasteiger partial charge in [-0.05, 0) is 36.4 Å². The monoisotopic (exact) mass is 288 g/mol. The third kappa shape index (κ3) is 3.93. The molecule has 0 atom stereocenters. The van der Waals surface area contributed by atoms with Crippen molar-refractivity contribution in [3.63, 3.8) is 0 Å². The molecule has 0 fully saturated rings. The fourth-order valence-electron chi connectivity index (χ4n) is 1.90. The van der Waals surface area contributed by atoms with E-state index in [2.05, 4.69) is 11.4 Å². The number of nitrogens with two attached hydrogens (primary N) is 1. The van der Waals surface area contributed by atoms with Gasteiger partial charge in [-0.2, -0.15) is 0 Å². The lowest BCUT2D eigenvalue weighted by molar-refractivity contribution is -0.116. The first-order valence-electron chi connectivity index (χ1n) is 6.38. The number of hydrogen-bond donors (Lipinski definition) is 2. The van der Waals surface area contributed by atoms with E-state index in [1.165, 1.54) is 4.88 Å². The van der Waals surface area contributed by atoms with Gasteiger partial charge in [0.05, 0.1) is 11.3 Å². The molecule has 4 nitrogen and oxygen atoms in total. The smallest absolute Gasteiger partial charge is 0.250 e. The maximum atomic E-state index is 11.9. The third-order valence-electron chi connectivity index (χ3n) is 2.87. The van der Waals surface area contributed by atoms with Crippen LogP contribution in [0.15, 0.2) is 41.8 Å². The van der Waals surface area contributed by atoms with Crippen molar-refractivity contribution in [2.45, 2.75) is 19.3 Å². The Kier molecular flexibility index (Phi) is 4.90. The van der Waals surface area contributed by atoms with E-state index in [1.54, 1.807) is 35.6 Å². The lowest BCUT2D eigenvalue weighted by atomic mass is 10.1. The molecule has 0 radical (unpaired) electrons. The van der Waals surface area contributed by atoms with Crippen LogP contribution in [0.3, 0.4) is 0 Å². The number of rotatable bonds is 6. The summed E-state index contributed by atoms with van der Waals surface area (Å²) in [6.45, 7) is 0. The highest BCUT2D eigenvalue weighted by atomic mass is 32.1. The number of nitrogens with one attached hydrogen (secondary N) is 1. The third-order valence-corrected chi connectivity index (χ3v) is 3.81. The number of carbonyl (C=O) groups is 2. The minimum Gasteiger partial charge on any atom is -0.366 e. The van der Waals surface area contributed by atoms with E-state index in [0.717, 1.165) is 12.8 Å². The summed E-state index contributed by atoms with van der Waals surface area (Å²) in [4.78, 5) is 24.4. The summed E-state index contributed by atoms with van der Waals surface area (Å²) in [5.41, 5.74) is 6.07. The minimum atomic E-state index is -0.542. The number of thiophene rings is 1. The SMILES string of the molecule is NC(=O)c1ccccc1NC(=O)CCCc1cccs1. The Morgan fingerprint density at radius 3 is 2.65 bits per heavy atom. The van der Waals surface area contributed by atoms with Gasteiger partial charge in [-0.15, -0.1) is 11.3 Å². The van der Waals surface area contributed by atoms with Crippen LogP contribution in [0.4, 0.5) is 5.69 Å². The van der Waals surface area contributed by atoms with Gasteiger partial charge in [0.2, 0.25) is 5.91 Å². The molecule has 0 bridgehead atoms. The molecule has 0 saturated heterocycles. The fraction of sp³-hybridized carbons (Fsp3) is 0.200. The number of para-hydroxylation sites is 1. The second-order valence-electron chi connectivity index (χ2n) is 4.39. The van der Waals surface area contributed by atoms with Gasteiger partial charge in [0.1, 0.15) is 0 Å². The van der Waals surface area contributed by atoms with Crippen LogP contribution in [0.25, 0.3) is 0 Å². The highest BCUT2D eigenvalue weighted by Crippen LogP contribution is 2.16. The zero-order valence-electron chi connectivity index (χ0n) is 11.0. The lowest BCUT2D eigenvalue weighted by Crippen LogP contribution is -2.18. The van der Waals surface area contributed by atoms with Gasteiger partial charge >= 0.3 is 0 Å². The molecule has 1 aromatic carbocycles. The van der Waals surface area contributed by atoms with E-state index in [0.29, 0.717) is 17.7 Å². The number of benzene rings is 1. The van der Waals surface area contributed by atoms with Crippen LogP contribution in [-0.2, 0) is 11.2 Å². The maximum Gasteiger partial charge on any atom is 0.250 e. The summed E-state index contributed by atoms with van der Waals surface area (Å²) in [7, 11) is 0. The first-order chi connectivity index (χ1) is 9.66. The highest BCUT2D eigenvalue weighted by Gasteiger charge is 2.10. The summed E-state index contributed by atoms with van der Waals surface area (Å²) in [6, 6.07) is 10.8. The van der Waals surface area contributed by atoms with Crippen molar-refractivity contribution in [2.24, 2.45) is 5.73 Å². The molecule has 20 heavy (non-hydrogen) atoms. The molecule has 0 unspecified atom stereocenters. The Hall–Kier alpha value is -2.14. The first-order valence-corrected chi connectivity index (χ1v) is 7.26. The summed E-state index contributed by atoms with van der Waals surface area (Å²) >= 11 is 1.69. The molecule has 5 heteroatoms. The molecule has 1 heterocycles. The van der Waals surface area contributed by atoms with E-state index >= 15 is 0 Å². The molecular weight excluding hydrogens is 272 g/mol. The van der Waals surface area contributed by atoms with Crippen LogP contribution in [0.2, 0.25) is 0 Å². The zero-order chi connectivity index (χ0) is 14.4. The Bertz CT molecular complexity index is 594. The number of anilines is 1. The Morgan fingerprint density at radius 1 is 1.15 bits per heavy atom. The number of aryl methyl sites for hydroxylation is 1. The van der Waals surface area contributed by atoms with Crippen LogP contribution >= 0.6 is 11.3 Å². The van der Waals surface area contributed by atoms with Crippen molar-refractivity contribution in [3.05, 3.63) is 52.2 Å². The van der Waals surface area contributed by atoms with Crippen LogP contribution in [-0.4, -0.2) is 11.8 Å². The van der Waals surface area contributed by atoms with Gasteiger partial charge in [-0.25, -0.2) is 0 Å². The molecule has 0 aliphatic heterocycles. The first kappa shape index (κ1) is 14.3. The minimum absolute atomic E-state index is 0.102. The average molecular weight is 288 g/mol. The molecule has 0 saturated carbocycles. The van der Waals surface area contributed by atoms with E-state index in [9.17, 15) is 9.59 Å². The van der Waals surface area contributed by atoms with E-state index in [4.69, 9.17) is 5.73 Å². The quantitative estimate of drug-likeness (QED) is 0.858. The number of amides is 2. The van der Waals surface area contributed by atoms with Crippen LogP contribution in [0.1, 0.15) is 28.1 Å². The number of primary amides is 1. The molecule has 2 amide bonds. The normalized spacial score (nSPS) is 10.2. The van der Waals surface area contributed by atoms with Gasteiger partial charge in [0.25, 0.3) is 5.91 Å². The summed E-state index contributed by atoms with van der Waals surface area (Å²) in [5.74, 6) is -0.644. The standard InChI is InChI=1S/C15H16N2O2S/c16-15(19)12-7-1-2-8-13(12)17-14(18)9-3-5-11-6-4-10-20-11/h1-2,4,6-8,10H,3,5,9H2,(H2,16,19)(H,17,18). The van der Waals surface area contributed by atoms with Crippen LogP contribution in [0.5, 0.6) is 0 Å². The van der Waals surface area contributed by atoms with Gasteiger partial charge in [-0.3, -0.25) is 9.59 Å². The maximum absolute atomic E-state index is 11.9. The van der Waals surface area contributed by atoms with E-state index in [1.807, 2.05) is 11.4 Å². The molecule has 1 aromatic heterocycles. The van der Waals surface area contributed by atoms with Gasteiger partial charge < -0.3 is 11.1 Å². The molecule has 0 aliphatic carbocycles. The molecule has 0 aliphatic rings. The van der Waals surface area contributed by atoms with Crippen molar-refractivity contribution in [1.82, 2.24) is 0 Å². The van der Waals surface area contributed by atoms with Gasteiger partial charge in [-0.1, -0.05) is 18.2 Å². The predicted octanol–water partition coefficient (Wildman–Crippen LogP) is 2.81. The lowest BCUT2D eigenvalue weighted by Gasteiger charge is -2.08. The molecule has 104 valence electrons. The van der Waals surface area contributed by atoms with Crippen LogP contribution in [0, 0.1) is 0 Å². The van der Waals surface area contributed by atoms with E-state index < -0.39 is 5.91 Å². The Balaban J connectivity index is 1.87. The zero-order valence-corrected chi connectivity index (χ0v) is 11.8. The molecule has 2 rings (SSSR count). The topological polar surface area (TPSA) is 72.2 Å². The average Bonchev–Trinajstić information content (AvgIpc) is 2.92. The second-order valence-corrected chi connectivity index (χ2v) is 5.42.